The molecule has 0 spiro atoms. The summed E-state index contributed by atoms with van der Waals surface area (Å²) in [5.74, 6) is 1.26. The number of carbonyl (C=O) groups is 1. The van der Waals surface area contributed by atoms with E-state index in [1.54, 1.807) is 37.4 Å². The van der Waals surface area contributed by atoms with Crippen LogP contribution in [0.1, 0.15) is 33.6 Å². The summed E-state index contributed by atoms with van der Waals surface area (Å²) in [6.07, 6.45) is 2.72. The highest BCUT2D eigenvalue weighted by Crippen LogP contribution is 2.36. The van der Waals surface area contributed by atoms with Crippen LogP contribution < -0.4 is 9.47 Å². The molecule has 2 aromatic heterocycles. The fourth-order valence-electron chi connectivity index (χ4n) is 3.36. The van der Waals surface area contributed by atoms with Crippen LogP contribution in [0.2, 0.25) is 10.0 Å². The van der Waals surface area contributed by atoms with E-state index in [1.165, 1.54) is 0 Å². The number of halogens is 2. The van der Waals surface area contributed by atoms with Gasteiger partial charge in [0.15, 0.2) is 0 Å². The van der Waals surface area contributed by atoms with Gasteiger partial charge in [0.05, 0.1) is 29.2 Å². The first-order chi connectivity index (χ1) is 15.8. The Bertz CT molecular complexity index is 1140. The third-order valence-corrected chi connectivity index (χ3v) is 5.61. The standard InChI is InChI=1S/C23H23Cl2N3O5/c1-4-30-23(29)13-7-16(8-13)32-15-5-6-17(18(24)10-15)20-27-21(33-28-20)14-9-19(25)22(26-11-14)31-12(2)3/h5-6,9-13,16H,4,7-8H2,1-3H3/t13-,16-. The van der Waals surface area contributed by atoms with E-state index in [9.17, 15) is 4.79 Å². The molecule has 0 unspecified atom stereocenters. The van der Waals surface area contributed by atoms with E-state index < -0.39 is 0 Å². The van der Waals surface area contributed by atoms with E-state index in [4.69, 9.17) is 41.9 Å². The highest BCUT2D eigenvalue weighted by Gasteiger charge is 2.37. The maximum atomic E-state index is 11.7. The molecule has 1 aliphatic rings. The Balaban J connectivity index is 1.42. The maximum Gasteiger partial charge on any atom is 0.309 e. The van der Waals surface area contributed by atoms with Crippen molar-refractivity contribution in [3.8, 4) is 34.5 Å². The van der Waals surface area contributed by atoms with E-state index in [-0.39, 0.29) is 30.0 Å². The predicted octanol–water partition coefficient (Wildman–Crippen LogP) is 5.61. The Kier molecular flexibility index (Phi) is 7.05. The molecule has 0 saturated heterocycles. The van der Waals surface area contributed by atoms with Gasteiger partial charge in [-0.05, 0) is 57.9 Å². The minimum absolute atomic E-state index is 0.0435. The van der Waals surface area contributed by atoms with Crippen LogP contribution in [0.5, 0.6) is 11.6 Å². The smallest absolute Gasteiger partial charge is 0.309 e. The second-order valence-electron chi connectivity index (χ2n) is 7.90. The SMILES string of the molecule is CCOC(=O)[C@H]1C[C@H](Oc2ccc(-c3noc(-c4cnc(OC(C)C)c(Cl)c4)n3)c(Cl)c2)C1. The Morgan fingerprint density at radius 1 is 1.21 bits per heavy atom. The van der Waals surface area contributed by atoms with Crippen molar-refractivity contribution in [2.75, 3.05) is 6.61 Å². The average molecular weight is 492 g/mol. The number of hydrogen-bond acceptors (Lipinski definition) is 8. The summed E-state index contributed by atoms with van der Waals surface area (Å²) in [7, 11) is 0. The molecule has 1 aliphatic carbocycles. The summed E-state index contributed by atoms with van der Waals surface area (Å²) in [6, 6.07) is 6.90. The van der Waals surface area contributed by atoms with Gasteiger partial charge >= 0.3 is 5.97 Å². The highest BCUT2D eigenvalue weighted by molar-refractivity contribution is 6.33. The van der Waals surface area contributed by atoms with Gasteiger partial charge in [0.1, 0.15) is 16.9 Å². The summed E-state index contributed by atoms with van der Waals surface area (Å²) in [5, 5.41) is 4.79. The predicted molar refractivity (Wildman–Crippen MR) is 123 cm³/mol. The quantitative estimate of drug-likeness (QED) is 0.374. The van der Waals surface area contributed by atoms with E-state index in [0.717, 1.165) is 0 Å². The van der Waals surface area contributed by atoms with Crippen LogP contribution in [0.15, 0.2) is 35.0 Å². The van der Waals surface area contributed by atoms with Gasteiger partial charge in [-0.25, -0.2) is 4.98 Å². The topological polar surface area (TPSA) is 96.6 Å². The summed E-state index contributed by atoms with van der Waals surface area (Å²) in [6.45, 7) is 5.97. The molecular formula is C23H23Cl2N3O5. The zero-order valence-corrected chi connectivity index (χ0v) is 19.9. The first-order valence-electron chi connectivity index (χ1n) is 10.6. The third-order valence-electron chi connectivity index (χ3n) is 5.03. The van der Waals surface area contributed by atoms with Gasteiger partial charge in [0.25, 0.3) is 5.89 Å². The highest BCUT2D eigenvalue weighted by atomic mass is 35.5. The van der Waals surface area contributed by atoms with Crippen molar-refractivity contribution in [1.29, 1.82) is 0 Å². The number of carbonyl (C=O) groups excluding carboxylic acids is 1. The largest absolute Gasteiger partial charge is 0.490 e. The minimum Gasteiger partial charge on any atom is -0.490 e. The normalized spacial score (nSPS) is 17.5. The molecule has 33 heavy (non-hydrogen) atoms. The van der Waals surface area contributed by atoms with E-state index in [2.05, 4.69) is 15.1 Å². The number of aromatic nitrogens is 3. The van der Waals surface area contributed by atoms with Crippen LogP contribution in [0.25, 0.3) is 22.8 Å². The third kappa shape index (κ3) is 5.39. The molecule has 174 valence electrons. The molecule has 0 radical (unpaired) electrons. The van der Waals surface area contributed by atoms with Crippen LogP contribution >= 0.6 is 23.2 Å². The summed E-state index contributed by atoms with van der Waals surface area (Å²) >= 11 is 12.7. The fourth-order valence-corrected chi connectivity index (χ4v) is 3.83. The number of ether oxygens (including phenoxy) is 3. The maximum absolute atomic E-state index is 11.7. The van der Waals surface area contributed by atoms with Gasteiger partial charge in [-0.15, -0.1) is 0 Å². The van der Waals surface area contributed by atoms with E-state index in [0.29, 0.717) is 58.1 Å². The monoisotopic (exact) mass is 491 g/mol. The van der Waals surface area contributed by atoms with Crippen molar-refractivity contribution < 1.29 is 23.5 Å². The first kappa shape index (κ1) is 23.3. The lowest BCUT2D eigenvalue weighted by Gasteiger charge is -2.33. The van der Waals surface area contributed by atoms with Crippen molar-refractivity contribution in [2.45, 2.75) is 45.8 Å². The molecule has 3 aromatic rings. The van der Waals surface area contributed by atoms with Gasteiger partial charge in [-0.3, -0.25) is 4.79 Å². The average Bonchev–Trinajstić information content (AvgIpc) is 3.21. The number of hydrogen-bond donors (Lipinski definition) is 0. The number of rotatable bonds is 8. The second-order valence-corrected chi connectivity index (χ2v) is 8.72. The molecule has 0 N–H and O–H groups in total. The minimum atomic E-state index is -0.169. The molecular weight excluding hydrogens is 469 g/mol. The zero-order valence-electron chi connectivity index (χ0n) is 18.4. The summed E-state index contributed by atoms with van der Waals surface area (Å²) in [4.78, 5) is 20.4. The van der Waals surface area contributed by atoms with Crippen molar-refractivity contribution in [1.82, 2.24) is 15.1 Å². The molecule has 4 rings (SSSR count). The lowest BCUT2D eigenvalue weighted by molar-refractivity contribution is -0.154. The van der Waals surface area contributed by atoms with Crippen molar-refractivity contribution in [3.05, 3.63) is 40.5 Å². The number of esters is 1. The Hall–Kier alpha value is -2.84. The van der Waals surface area contributed by atoms with Crippen LogP contribution in [-0.2, 0) is 9.53 Å². The Morgan fingerprint density at radius 2 is 2.00 bits per heavy atom. The second kappa shape index (κ2) is 9.97. The van der Waals surface area contributed by atoms with Gasteiger partial charge < -0.3 is 18.7 Å². The number of benzene rings is 1. The molecule has 0 bridgehead atoms. The molecule has 1 fully saturated rings. The summed E-state index contributed by atoms with van der Waals surface area (Å²) in [5.41, 5.74) is 1.16. The first-order valence-corrected chi connectivity index (χ1v) is 11.4. The van der Waals surface area contributed by atoms with Gasteiger partial charge in [-0.1, -0.05) is 28.4 Å². The van der Waals surface area contributed by atoms with Crippen molar-refractivity contribution in [3.63, 3.8) is 0 Å². The van der Waals surface area contributed by atoms with Crippen molar-refractivity contribution >= 4 is 29.2 Å². The van der Waals surface area contributed by atoms with Crippen LogP contribution in [0, 0.1) is 5.92 Å². The Labute approximate surface area is 201 Å². The number of nitrogens with zero attached hydrogens (tertiary/aromatic N) is 3. The molecule has 1 aromatic carbocycles. The molecule has 1 saturated carbocycles. The number of pyridine rings is 1. The molecule has 0 atom stereocenters. The molecule has 0 aliphatic heterocycles. The van der Waals surface area contributed by atoms with Gasteiger partial charge in [-0.2, -0.15) is 4.98 Å². The molecule has 8 nitrogen and oxygen atoms in total. The zero-order chi connectivity index (χ0) is 23.5. The van der Waals surface area contributed by atoms with Crippen LogP contribution in [0.3, 0.4) is 0 Å². The lowest BCUT2D eigenvalue weighted by atomic mass is 9.82. The molecule has 10 heteroatoms. The van der Waals surface area contributed by atoms with Crippen LogP contribution in [-0.4, -0.2) is 39.9 Å². The Morgan fingerprint density at radius 3 is 2.67 bits per heavy atom. The van der Waals surface area contributed by atoms with E-state index >= 15 is 0 Å². The molecule has 0 amide bonds. The van der Waals surface area contributed by atoms with Gasteiger partial charge in [0, 0.05) is 11.8 Å². The molecule has 2 heterocycles. The van der Waals surface area contributed by atoms with E-state index in [1.807, 2.05) is 13.8 Å². The van der Waals surface area contributed by atoms with Gasteiger partial charge in [0.2, 0.25) is 11.7 Å². The van der Waals surface area contributed by atoms with Crippen LogP contribution in [0.4, 0.5) is 0 Å². The van der Waals surface area contributed by atoms with Crippen molar-refractivity contribution in [2.24, 2.45) is 5.92 Å². The lowest BCUT2D eigenvalue weighted by Crippen LogP contribution is -2.39. The summed E-state index contributed by atoms with van der Waals surface area (Å²) < 4.78 is 21.9. The fraction of sp³-hybridized carbons (Fsp3) is 0.391.